The highest BCUT2D eigenvalue weighted by atomic mass is 16.5. The molecule has 33 heavy (non-hydrogen) atoms. The fourth-order valence-corrected chi connectivity index (χ4v) is 9.62. The van der Waals surface area contributed by atoms with Gasteiger partial charge in [0.25, 0.3) is 0 Å². The second kappa shape index (κ2) is 8.80. The van der Waals surface area contributed by atoms with Gasteiger partial charge in [0.05, 0.1) is 19.3 Å². The van der Waals surface area contributed by atoms with Crippen LogP contribution < -0.4 is 0 Å². The minimum Gasteiger partial charge on any atom is -0.465 e. The number of carbonyl (C=O) groups is 1. The Labute approximate surface area is 201 Å². The second-order valence-corrected chi connectivity index (χ2v) is 13.8. The maximum absolute atomic E-state index is 12.4. The third-order valence-electron chi connectivity index (χ3n) is 11.7. The number of esters is 1. The van der Waals surface area contributed by atoms with Crippen LogP contribution >= 0.6 is 0 Å². The fourth-order valence-electron chi connectivity index (χ4n) is 9.62. The van der Waals surface area contributed by atoms with E-state index in [1.807, 2.05) is 0 Å². The molecule has 4 heteroatoms. The molecule has 1 heterocycles. The van der Waals surface area contributed by atoms with Gasteiger partial charge in [-0.05, 0) is 111 Å². The molecule has 0 bridgehead atoms. The van der Waals surface area contributed by atoms with Crippen molar-refractivity contribution in [2.24, 2.45) is 51.8 Å². The standard InChI is InChI=1S/C29H48O4/c1-19(5-10-26(31)33-18-27(2)16-32-17-27)23-8-9-24-22-7-6-20-15-21(30)11-13-28(20,3)25(22)12-14-29(23,24)4/h19-25,30H,5-18H2,1-4H3/t19-,20-,21-,22+,23-,24+,25+,28+,29-/m1/s1. The number of rotatable bonds is 6. The number of hydrogen-bond donors (Lipinski definition) is 1. The van der Waals surface area contributed by atoms with Crippen molar-refractivity contribution in [3.63, 3.8) is 0 Å². The largest absolute Gasteiger partial charge is 0.465 e. The Morgan fingerprint density at radius 3 is 2.45 bits per heavy atom. The summed E-state index contributed by atoms with van der Waals surface area (Å²) in [6.45, 7) is 11.6. The van der Waals surface area contributed by atoms with E-state index in [1.54, 1.807) is 0 Å². The molecule has 4 nitrogen and oxygen atoms in total. The van der Waals surface area contributed by atoms with E-state index in [1.165, 1.54) is 44.9 Å². The van der Waals surface area contributed by atoms with Gasteiger partial charge in [-0.3, -0.25) is 4.79 Å². The number of carbonyl (C=O) groups excluding carboxylic acids is 1. The molecule has 1 aliphatic heterocycles. The Hall–Kier alpha value is -0.610. The molecule has 5 rings (SSSR count). The highest BCUT2D eigenvalue weighted by Gasteiger charge is 2.60. The number of fused-ring (bicyclic) bond motifs is 5. The van der Waals surface area contributed by atoms with Gasteiger partial charge in [-0.2, -0.15) is 0 Å². The van der Waals surface area contributed by atoms with Crippen molar-refractivity contribution in [1.29, 1.82) is 0 Å². The molecule has 188 valence electrons. The summed E-state index contributed by atoms with van der Waals surface area (Å²) in [5, 5.41) is 10.3. The quantitative estimate of drug-likeness (QED) is 0.494. The summed E-state index contributed by atoms with van der Waals surface area (Å²) in [4.78, 5) is 12.4. The van der Waals surface area contributed by atoms with Crippen molar-refractivity contribution in [2.75, 3.05) is 19.8 Å². The average Bonchev–Trinajstić information content (AvgIpc) is 3.12. The summed E-state index contributed by atoms with van der Waals surface area (Å²) in [7, 11) is 0. The Morgan fingerprint density at radius 1 is 1.00 bits per heavy atom. The fraction of sp³-hybridized carbons (Fsp3) is 0.966. The van der Waals surface area contributed by atoms with Gasteiger partial charge in [0.1, 0.15) is 6.61 Å². The van der Waals surface area contributed by atoms with Crippen LogP contribution in [0.25, 0.3) is 0 Å². The summed E-state index contributed by atoms with van der Waals surface area (Å²) in [6.07, 6.45) is 12.9. The average molecular weight is 461 g/mol. The first-order valence-corrected chi connectivity index (χ1v) is 14.1. The van der Waals surface area contributed by atoms with E-state index in [0.717, 1.165) is 48.9 Å². The maximum atomic E-state index is 12.4. The van der Waals surface area contributed by atoms with Crippen LogP contribution in [0.1, 0.15) is 98.3 Å². The first-order chi connectivity index (χ1) is 15.6. The van der Waals surface area contributed by atoms with E-state index in [4.69, 9.17) is 9.47 Å². The van der Waals surface area contributed by atoms with Crippen LogP contribution in [0.3, 0.4) is 0 Å². The third-order valence-corrected chi connectivity index (χ3v) is 11.7. The lowest BCUT2D eigenvalue weighted by atomic mass is 9.44. The molecule has 9 atom stereocenters. The van der Waals surface area contributed by atoms with Gasteiger partial charge in [-0.1, -0.05) is 27.7 Å². The summed E-state index contributed by atoms with van der Waals surface area (Å²) in [5.41, 5.74) is 0.940. The van der Waals surface area contributed by atoms with Crippen molar-refractivity contribution in [3.8, 4) is 0 Å². The van der Waals surface area contributed by atoms with Gasteiger partial charge in [-0.15, -0.1) is 0 Å². The van der Waals surface area contributed by atoms with E-state index in [9.17, 15) is 9.90 Å². The summed E-state index contributed by atoms with van der Waals surface area (Å²) >= 11 is 0. The SMILES string of the molecule is C[C@H](CCC(=O)OCC1(C)COC1)[C@H]1CC[C@H]2[C@@H]3CC[C@@H]4C[C@H](O)CC[C@]4(C)[C@H]3CC[C@]12C. The predicted molar refractivity (Wildman–Crippen MR) is 130 cm³/mol. The highest BCUT2D eigenvalue weighted by Crippen LogP contribution is 2.68. The number of hydrogen-bond acceptors (Lipinski definition) is 4. The van der Waals surface area contributed by atoms with Crippen LogP contribution in [0.4, 0.5) is 0 Å². The molecule has 1 N–H and O–H groups in total. The molecule has 0 unspecified atom stereocenters. The van der Waals surface area contributed by atoms with E-state index in [-0.39, 0.29) is 17.5 Å². The zero-order valence-corrected chi connectivity index (χ0v) is 21.6. The smallest absolute Gasteiger partial charge is 0.305 e. The number of ether oxygens (including phenoxy) is 2. The Kier molecular flexibility index (Phi) is 6.43. The summed E-state index contributed by atoms with van der Waals surface area (Å²) in [6, 6.07) is 0. The van der Waals surface area contributed by atoms with E-state index in [2.05, 4.69) is 27.7 Å². The lowest BCUT2D eigenvalue weighted by Gasteiger charge is -2.61. The summed E-state index contributed by atoms with van der Waals surface area (Å²) in [5.74, 6) is 4.65. The van der Waals surface area contributed by atoms with Crippen LogP contribution in [-0.2, 0) is 14.3 Å². The minimum absolute atomic E-state index is 0.0240. The Morgan fingerprint density at radius 2 is 1.73 bits per heavy atom. The van der Waals surface area contributed by atoms with Crippen molar-refractivity contribution in [3.05, 3.63) is 0 Å². The third kappa shape index (κ3) is 4.20. The molecule has 0 aromatic rings. The minimum atomic E-state index is -0.0539. The van der Waals surface area contributed by atoms with Crippen LogP contribution in [0.15, 0.2) is 0 Å². The van der Waals surface area contributed by atoms with Gasteiger partial charge in [0.15, 0.2) is 0 Å². The lowest BCUT2D eigenvalue weighted by Crippen LogP contribution is -2.54. The zero-order chi connectivity index (χ0) is 23.4. The van der Waals surface area contributed by atoms with Crippen molar-refractivity contribution in [1.82, 2.24) is 0 Å². The molecule has 0 radical (unpaired) electrons. The Bertz CT molecular complexity index is 731. The van der Waals surface area contributed by atoms with Crippen molar-refractivity contribution in [2.45, 2.75) is 104 Å². The van der Waals surface area contributed by atoms with Gasteiger partial charge >= 0.3 is 5.97 Å². The lowest BCUT2D eigenvalue weighted by molar-refractivity contribution is -0.165. The topological polar surface area (TPSA) is 55.8 Å². The van der Waals surface area contributed by atoms with Crippen LogP contribution in [-0.4, -0.2) is 37.0 Å². The first-order valence-electron chi connectivity index (χ1n) is 14.1. The monoisotopic (exact) mass is 460 g/mol. The number of aliphatic hydroxyl groups excluding tert-OH is 1. The highest BCUT2D eigenvalue weighted by molar-refractivity contribution is 5.69. The molecule has 5 aliphatic rings. The zero-order valence-electron chi connectivity index (χ0n) is 21.6. The molecule has 4 saturated carbocycles. The molecular formula is C29H48O4. The van der Waals surface area contributed by atoms with E-state index < -0.39 is 0 Å². The molecule has 5 fully saturated rings. The van der Waals surface area contributed by atoms with Crippen LogP contribution in [0.2, 0.25) is 0 Å². The molecule has 0 aromatic heterocycles. The predicted octanol–water partition coefficient (Wildman–Crippen LogP) is 6.00. The van der Waals surface area contributed by atoms with Crippen molar-refractivity contribution < 1.29 is 19.4 Å². The molecule has 0 spiro atoms. The van der Waals surface area contributed by atoms with Crippen LogP contribution in [0.5, 0.6) is 0 Å². The Balaban J connectivity index is 1.19. The van der Waals surface area contributed by atoms with E-state index >= 15 is 0 Å². The van der Waals surface area contributed by atoms with E-state index in [0.29, 0.717) is 43.0 Å². The molecule has 4 aliphatic carbocycles. The first kappa shape index (κ1) is 24.1. The normalized spacial score (nSPS) is 46.9. The number of aliphatic hydroxyl groups is 1. The van der Waals surface area contributed by atoms with Crippen LogP contribution in [0, 0.1) is 51.8 Å². The van der Waals surface area contributed by atoms with Gasteiger partial charge in [-0.25, -0.2) is 0 Å². The molecular weight excluding hydrogens is 412 g/mol. The van der Waals surface area contributed by atoms with Gasteiger partial charge in [0.2, 0.25) is 0 Å². The molecule has 0 aromatic carbocycles. The van der Waals surface area contributed by atoms with Crippen molar-refractivity contribution >= 4 is 5.97 Å². The molecule has 0 amide bonds. The molecule has 1 saturated heterocycles. The van der Waals surface area contributed by atoms with Gasteiger partial charge in [0, 0.05) is 11.8 Å². The summed E-state index contributed by atoms with van der Waals surface area (Å²) < 4.78 is 10.9. The maximum Gasteiger partial charge on any atom is 0.305 e. The van der Waals surface area contributed by atoms with Gasteiger partial charge < -0.3 is 14.6 Å². The second-order valence-electron chi connectivity index (χ2n) is 13.8.